The molecule has 2 aromatic rings. The third-order valence-corrected chi connectivity index (χ3v) is 6.59. The molecule has 0 aliphatic carbocycles. The molecule has 1 unspecified atom stereocenters. The Morgan fingerprint density at radius 1 is 1.08 bits per heavy atom. The highest BCUT2D eigenvalue weighted by molar-refractivity contribution is 6.00. The van der Waals surface area contributed by atoms with E-state index < -0.39 is 23.4 Å². The Hall–Kier alpha value is -3.92. The number of piperidine rings is 1. The Bertz CT molecular complexity index is 1240. The molecule has 4 rings (SSSR count). The van der Waals surface area contributed by atoms with Gasteiger partial charge in [0.25, 0.3) is 5.91 Å². The molecule has 1 atom stereocenters. The van der Waals surface area contributed by atoms with E-state index in [1.165, 1.54) is 29.2 Å². The fraction of sp³-hybridized carbons (Fsp3) is 0.333. The number of benzene rings is 2. The number of nitrogens with zero attached hydrogens (tertiary/aromatic N) is 3. The van der Waals surface area contributed by atoms with Crippen molar-refractivity contribution in [3.63, 3.8) is 0 Å². The molecular weight excluding hydrogens is 482 g/mol. The van der Waals surface area contributed by atoms with E-state index in [0.29, 0.717) is 37.1 Å². The van der Waals surface area contributed by atoms with E-state index in [2.05, 4.69) is 4.90 Å². The lowest BCUT2D eigenvalue weighted by atomic mass is 9.94. The van der Waals surface area contributed by atoms with Gasteiger partial charge in [0, 0.05) is 70.7 Å². The molecule has 2 aliphatic rings. The predicted molar refractivity (Wildman–Crippen MR) is 135 cm³/mol. The van der Waals surface area contributed by atoms with Crippen molar-refractivity contribution >= 4 is 17.6 Å². The monoisotopic (exact) mass is 512 g/mol. The van der Waals surface area contributed by atoms with Gasteiger partial charge in [-0.1, -0.05) is 12.1 Å². The normalized spacial score (nSPS) is 19.7. The van der Waals surface area contributed by atoms with Crippen LogP contribution in [0.15, 0.2) is 60.8 Å². The molecule has 8 nitrogen and oxygen atoms in total. The molecule has 2 aromatic carbocycles. The summed E-state index contributed by atoms with van der Waals surface area (Å²) < 4.78 is 38.8. The number of rotatable bonds is 6. The van der Waals surface area contributed by atoms with Crippen molar-refractivity contribution in [2.45, 2.75) is 24.7 Å². The number of nitrogens with two attached hydrogens (primary N) is 1. The highest BCUT2D eigenvalue weighted by atomic mass is 19.1. The summed E-state index contributed by atoms with van der Waals surface area (Å²) in [5.41, 5.74) is 6.04. The second kappa shape index (κ2) is 10.6. The molecule has 0 bridgehead atoms. The van der Waals surface area contributed by atoms with Gasteiger partial charge in [0.05, 0.1) is 5.56 Å². The van der Waals surface area contributed by atoms with E-state index in [0.717, 1.165) is 17.8 Å². The number of anilines is 1. The SMILES string of the molecule is COC1(c2ccc(N3CCC(Oc4ccc(F)cc4F)CC3)c(C(=O)N(C)C)c2)C=CC=CN1C(N)=O. The van der Waals surface area contributed by atoms with Crippen LogP contribution < -0.4 is 15.4 Å². The third-order valence-electron chi connectivity index (χ3n) is 6.59. The highest BCUT2D eigenvalue weighted by Gasteiger charge is 2.40. The maximum Gasteiger partial charge on any atom is 0.321 e. The summed E-state index contributed by atoms with van der Waals surface area (Å²) in [7, 11) is 4.80. The van der Waals surface area contributed by atoms with Crippen molar-refractivity contribution in [1.29, 1.82) is 0 Å². The van der Waals surface area contributed by atoms with Crippen LogP contribution >= 0.6 is 0 Å². The molecule has 2 aliphatic heterocycles. The van der Waals surface area contributed by atoms with Gasteiger partial charge in [0.15, 0.2) is 17.3 Å². The van der Waals surface area contributed by atoms with Gasteiger partial charge in [0.2, 0.25) is 0 Å². The second-order valence-electron chi connectivity index (χ2n) is 9.12. The van der Waals surface area contributed by atoms with E-state index in [4.69, 9.17) is 15.2 Å². The number of carbonyl (C=O) groups excluding carboxylic acids is 2. The topological polar surface area (TPSA) is 88.3 Å². The molecule has 2 N–H and O–H groups in total. The zero-order chi connectivity index (χ0) is 26.7. The molecule has 0 radical (unpaired) electrons. The minimum atomic E-state index is -1.31. The van der Waals surface area contributed by atoms with Crippen molar-refractivity contribution in [2.75, 3.05) is 39.2 Å². The predicted octanol–water partition coefficient (Wildman–Crippen LogP) is 3.98. The Morgan fingerprint density at radius 2 is 1.81 bits per heavy atom. The van der Waals surface area contributed by atoms with Gasteiger partial charge in [-0.25, -0.2) is 13.6 Å². The molecule has 2 heterocycles. The molecule has 3 amide bonds. The van der Waals surface area contributed by atoms with E-state index in [1.807, 2.05) is 6.07 Å². The first-order chi connectivity index (χ1) is 17.7. The Morgan fingerprint density at radius 3 is 2.43 bits per heavy atom. The molecule has 1 fully saturated rings. The quantitative estimate of drug-likeness (QED) is 0.633. The molecule has 0 saturated carbocycles. The van der Waals surface area contributed by atoms with Crippen molar-refractivity contribution in [2.24, 2.45) is 5.73 Å². The second-order valence-corrected chi connectivity index (χ2v) is 9.12. The summed E-state index contributed by atoms with van der Waals surface area (Å²) in [6, 6.07) is 7.91. The largest absolute Gasteiger partial charge is 0.487 e. The molecule has 37 heavy (non-hydrogen) atoms. The van der Waals surface area contributed by atoms with Gasteiger partial charge < -0.3 is 25.0 Å². The van der Waals surface area contributed by atoms with Crippen molar-refractivity contribution < 1.29 is 27.8 Å². The fourth-order valence-electron chi connectivity index (χ4n) is 4.68. The van der Waals surface area contributed by atoms with Crippen molar-refractivity contribution in [3.8, 4) is 5.75 Å². The Balaban J connectivity index is 1.61. The third kappa shape index (κ3) is 5.15. The average molecular weight is 513 g/mol. The van der Waals surface area contributed by atoms with Crippen LogP contribution in [0.1, 0.15) is 28.8 Å². The number of methoxy groups -OCH3 is 1. The van der Waals surface area contributed by atoms with Crippen LogP contribution in [-0.2, 0) is 10.5 Å². The highest BCUT2D eigenvalue weighted by Crippen LogP contribution is 2.37. The maximum absolute atomic E-state index is 14.0. The summed E-state index contributed by atoms with van der Waals surface area (Å²) in [5, 5.41) is 0. The summed E-state index contributed by atoms with van der Waals surface area (Å²) >= 11 is 0. The van der Waals surface area contributed by atoms with Crippen molar-refractivity contribution in [1.82, 2.24) is 9.80 Å². The van der Waals surface area contributed by atoms with Crippen LogP contribution in [0.25, 0.3) is 0 Å². The first-order valence-electron chi connectivity index (χ1n) is 11.9. The number of primary amides is 1. The summed E-state index contributed by atoms with van der Waals surface area (Å²) in [5.74, 6) is -1.59. The molecule has 0 aromatic heterocycles. The smallest absolute Gasteiger partial charge is 0.321 e. The number of hydrogen-bond acceptors (Lipinski definition) is 5. The van der Waals surface area contributed by atoms with Crippen LogP contribution in [0.5, 0.6) is 5.75 Å². The van der Waals surface area contributed by atoms with Gasteiger partial charge >= 0.3 is 6.03 Å². The number of ether oxygens (including phenoxy) is 2. The van der Waals surface area contributed by atoms with Gasteiger partial charge in [0.1, 0.15) is 11.9 Å². The Kier molecular flexibility index (Phi) is 7.49. The van der Waals surface area contributed by atoms with Crippen molar-refractivity contribution in [3.05, 3.63) is 83.6 Å². The fourth-order valence-corrected chi connectivity index (χ4v) is 4.68. The van der Waals surface area contributed by atoms with Gasteiger partial charge in [-0.15, -0.1) is 0 Å². The number of urea groups is 1. The minimum absolute atomic E-state index is 0.0196. The van der Waals surface area contributed by atoms with Gasteiger partial charge in [-0.05, 0) is 36.4 Å². The van der Waals surface area contributed by atoms with Crippen LogP contribution in [0, 0.1) is 11.6 Å². The molecule has 196 valence electrons. The Labute approximate surface area is 214 Å². The lowest BCUT2D eigenvalue weighted by Gasteiger charge is -2.40. The maximum atomic E-state index is 14.0. The van der Waals surface area contributed by atoms with Crippen LogP contribution in [0.2, 0.25) is 0 Å². The number of halogens is 2. The number of hydrogen-bond donors (Lipinski definition) is 1. The first kappa shape index (κ1) is 26.2. The zero-order valence-corrected chi connectivity index (χ0v) is 21.0. The van der Waals surface area contributed by atoms with E-state index in [-0.39, 0.29) is 17.8 Å². The standard InChI is InChI=1S/C27H30F2N4O4/c1-31(2)25(34)21-16-18(27(36-3)12-4-5-13-33(27)26(30)35)6-8-23(21)32-14-10-20(11-15-32)37-24-9-7-19(28)17-22(24)29/h4-9,12-13,16-17,20H,10-11,14-15H2,1-3H3,(H2,30,35). The average Bonchev–Trinajstić information content (AvgIpc) is 2.89. The number of allylic oxidation sites excluding steroid dienone is 2. The van der Waals surface area contributed by atoms with Gasteiger partial charge in [-0.2, -0.15) is 0 Å². The van der Waals surface area contributed by atoms with Gasteiger partial charge in [-0.3, -0.25) is 9.69 Å². The summed E-state index contributed by atoms with van der Waals surface area (Å²) in [6.07, 6.45) is 7.57. The molecule has 10 heteroatoms. The first-order valence-corrected chi connectivity index (χ1v) is 11.9. The zero-order valence-electron chi connectivity index (χ0n) is 21.0. The van der Waals surface area contributed by atoms with Crippen LogP contribution in [0.3, 0.4) is 0 Å². The number of amides is 3. The van der Waals surface area contributed by atoms with E-state index in [9.17, 15) is 18.4 Å². The van der Waals surface area contributed by atoms with E-state index >= 15 is 0 Å². The molecular formula is C27H30F2N4O4. The minimum Gasteiger partial charge on any atom is -0.487 e. The van der Waals surface area contributed by atoms with Crippen LogP contribution in [0.4, 0.5) is 19.3 Å². The summed E-state index contributed by atoms with van der Waals surface area (Å²) in [6.45, 7) is 1.12. The molecule has 1 saturated heterocycles. The lowest BCUT2D eigenvalue weighted by molar-refractivity contribution is -0.0593. The lowest BCUT2D eigenvalue weighted by Crippen LogP contribution is -2.49. The molecule has 0 spiro atoms. The van der Waals surface area contributed by atoms with Crippen LogP contribution in [-0.4, -0.2) is 62.1 Å². The summed E-state index contributed by atoms with van der Waals surface area (Å²) in [4.78, 5) is 30.3. The number of carbonyl (C=O) groups is 2. The van der Waals surface area contributed by atoms with E-state index in [1.54, 1.807) is 44.5 Å².